The summed E-state index contributed by atoms with van der Waals surface area (Å²) >= 11 is 0. The Morgan fingerprint density at radius 3 is 2.50 bits per heavy atom. The predicted molar refractivity (Wildman–Crippen MR) is 103 cm³/mol. The number of nitrogens with one attached hydrogen (secondary N) is 1. The lowest BCUT2D eigenvalue weighted by Gasteiger charge is -2.62. The molecule has 0 spiro atoms. The van der Waals surface area contributed by atoms with E-state index >= 15 is 0 Å². The van der Waals surface area contributed by atoms with Gasteiger partial charge in [-0.3, -0.25) is 0 Å². The van der Waals surface area contributed by atoms with Crippen LogP contribution in [0.2, 0.25) is 0 Å². The normalized spacial score (nSPS) is 19.1. The molecule has 1 heterocycles. The van der Waals surface area contributed by atoms with E-state index in [1.54, 1.807) is 12.1 Å². The highest BCUT2D eigenvalue weighted by Gasteiger charge is 2.53. The summed E-state index contributed by atoms with van der Waals surface area (Å²) in [6.45, 7) is 13.6. The number of halogens is 1. The van der Waals surface area contributed by atoms with Crippen molar-refractivity contribution in [2.75, 3.05) is 13.1 Å². The molecule has 0 unspecified atom stereocenters. The van der Waals surface area contributed by atoms with Gasteiger partial charge in [-0.05, 0) is 38.5 Å². The monoisotopic (exact) mass is 417 g/mol. The van der Waals surface area contributed by atoms with Crippen molar-refractivity contribution in [2.45, 2.75) is 46.7 Å². The Morgan fingerprint density at radius 2 is 2.00 bits per heavy atom. The molecule has 5 heteroatoms. The van der Waals surface area contributed by atoms with Crippen LogP contribution in [0.25, 0.3) is 0 Å². The van der Waals surface area contributed by atoms with Crippen molar-refractivity contribution in [3.05, 3.63) is 29.8 Å². The molecular weight excluding hydrogens is 389 g/mol. The molecule has 2 rings (SSSR count). The zero-order valence-electron chi connectivity index (χ0n) is 14.2. The number of phenolic OH excluding ortho intramolecular Hbond substituents is 1. The minimum atomic E-state index is 0. The third-order valence-corrected chi connectivity index (χ3v) is 4.80. The van der Waals surface area contributed by atoms with E-state index in [0.29, 0.717) is 6.54 Å². The Labute approximate surface area is 151 Å². The van der Waals surface area contributed by atoms with E-state index in [9.17, 15) is 5.11 Å². The summed E-state index contributed by atoms with van der Waals surface area (Å²) in [4.78, 5) is 7.06. The first-order valence-corrected chi connectivity index (χ1v) is 7.62. The number of guanidine groups is 1. The number of hydrogen-bond acceptors (Lipinski definition) is 2. The lowest BCUT2D eigenvalue weighted by molar-refractivity contribution is -0.0667. The molecule has 1 fully saturated rings. The van der Waals surface area contributed by atoms with Gasteiger partial charge in [0.25, 0.3) is 0 Å². The third kappa shape index (κ3) is 3.67. The SMILES string of the molecule is CCNC(=NCc1cccc(O)c1)N1CC(C)(C)C1(C)C.I. The van der Waals surface area contributed by atoms with Gasteiger partial charge in [0.05, 0.1) is 6.54 Å². The van der Waals surface area contributed by atoms with Crippen molar-refractivity contribution in [1.82, 2.24) is 10.2 Å². The van der Waals surface area contributed by atoms with Crippen molar-refractivity contribution >= 4 is 29.9 Å². The second kappa shape index (κ2) is 7.06. The predicted octanol–water partition coefficient (Wildman–Crippen LogP) is 3.60. The van der Waals surface area contributed by atoms with E-state index in [2.05, 4.69) is 44.8 Å². The van der Waals surface area contributed by atoms with E-state index in [0.717, 1.165) is 24.6 Å². The molecule has 0 amide bonds. The molecule has 1 aliphatic rings. The number of phenols is 1. The van der Waals surface area contributed by atoms with Crippen molar-refractivity contribution in [1.29, 1.82) is 0 Å². The van der Waals surface area contributed by atoms with Crippen molar-refractivity contribution in [3.63, 3.8) is 0 Å². The maximum absolute atomic E-state index is 9.53. The Balaban J connectivity index is 0.00000242. The maximum atomic E-state index is 9.53. The van der Waals surface area contributed by atoms with Gasteiger partial charge in [-0.25, -0.2) is 4.99 Å². The lowest BCUT2D eigenvalue weighted by Crippen LogP contribution is -2.72. The summed E-state index contributed by atoms with van der Waals surface area (Å²) in [5.41, 5.74) is 1.39. The fourth-order valence-electron chi connectivity index (χ4n) is 2.62. The molecule has 1 aromatic carbocycles. The van der Waals surface area contributed by atoms with E-state index in [4.69, 9.17) is 4.99 Å². The smallest absolute Gasteiger partial charge is 0.194 e. The zero-order valence-corrected chi connectivity index (χ0v) is 16.5. The summed E-state index contributed by atoms with van der Waals surface area (Å²) in [5, 5.41) is 12.9. The minimum absolute atomic E-state index is 0. The molecule has 0 aliphatic carbocycles. The van der Waals surface area contributed by atoms with Gasteiger partial charge in [0.1, 0.15) is 5.75 Å². The summed E-state index contributed by atoms with van der Waals surface area (Å²) in [5.74, 6) is 1.24. The first kappa shape index (κ1) is 19.1. The second-order valence-electron chi connectivity index (χ2n) is 6.87. The van der Waals surface area contributed by atoms with Crippen LogP contribution in [0.5, 0.6) is 5.75 Å². The fraction of sp³-hybridized carbons (Fsp3) is 0.588. The highest BCUT2D eigenvalue weighted by Crippen LogP contribution is 2.46. The Morgan fingerprint density at radius 1 is 1.32 bits per heavy atom. The van der Waals surface area contributed by atoms with Crippen LogP contribution < -0.4 is 5.32 Å². The van der Waals surface area contributed by atoms with Gasteiger partial charge in [-0.15, -0.1) is 24.0 Å². The quantitative estimate of drug-likeness (QED) is 0.449. The largest absolute Gasteiger partial charge is 0.508 e. The van der Waals surface area contributed by atoms with Gasteiger partial charge < -0.3 is 15.3 Å². The number of aliphatic imine (C=N–C) groups is 1. The van der Waals surface area contributed by atoms with Gasteiger partial charge >= 0.3 is 0 Å². The summed E-state index contributed by atoms with van der Waals surface area (Å²) in [6.07, 6.45) is 0. The molecule has 22 heavy (non-hydrogen) atoms. The number of rotatable bonds is 3. The standard InChI is InChI=1S/C17H27N3O.HI/c1-6-18-15(20-12-16(2,3)17(20,4)5)19-11-13-8-7-9-14(21)10-13;/h7-10,21H,6,11-12H2,1-5H3,(H,18,19);1H. The van der Waals surface area contributed by atoms with Crippen molar-refractivity contribution < 1.29 is 5.11 Å². The third-order valence-electron chi connectivity index (χ3n) is 4.80. The second-order valence-corrected chi connectivity index (χ2v) is 6.87. The van der Waals surface area contributed by atoms with Gasteiger partial charge in [-0.1, -0.05) is 26.0 Å². The van der Waals surface area contributed by atoms with E-state index in [1.165, 1.54) is 0 Å². The van der Waals surface area contributed by atoms with Gasteiger partial charge in [-0.2, -0.15) is 0 Å². The van der Waals surface area contributed by atoms with Gasteiger partial charge in [0.15, 0.2) is 5.96 Å². The van der Waals surface area contributed by atoms with Crippen LogP contribution in [0.4, 0.5) is 0 Å². The average Bonchev–Trinajstić information content (AvgIpc) is 2.41. The average molecular weight is 417 g/mol. The van der Waals surface area contributed by atoms with E-state index in [1.807, 2.05) is 12.1 Å². The van der Waals surface area contributed by atoms with E-state index < -0.39 is 0 Å². The first-order valence-electron chi connectivity index (χ1n) is 7.62. The van der Waals surface area contributed by atoms with Crippen molar-refractivity contribution in [3.8, 4) is 5.75 Å². The summed E-state index contributed by atoms with van der Waals surface area (Å²) < 4.78 is 0. The number of hydrogen-bond donors (Lipinski definition) is 2. The molecule has 0 atom stereocenters. The Kier molecular flexibility index (Phi) is 6.12. The molecule has 0 saturated carbocycles. The number of aromatic hydroxyl groups is 1. The van der Waals surface area contributed by atoms with Crippen LogP contribution >= 0.6 is 24.0 Å². The number of nitrogens with zero attached hydrogens (tertiary/aromatic N) is 2. The molecular formula is C17H28IN3O. The Bertz CT molecular complexity index is 540. The lowest BCUT2D eigenvalue weighted by atomic mass is 9.65. The first-order chi connectivity index (χ1) is 9.78. The molecule has 0 aromatic heterocycles. The molecule has 0 bridgehead atoms. The summed E-state index contributed by atoms with van der Waals surface area (Å²) in [7, 11) is 0. The van der Waals surface area contributed by atoms with E-state index in [-0.39, 0.29) is 40.7 Å². The van der Waals surface area contributed by atoms with Crippen LogP contribution in [-0.2, 0) is 6.54 Å². The molecule has 1 aliphatic heterocycles. The van der Waals surface area contributed by atoms with Crippen molar-refractivity contribution in [2.24, 2.45) is 10.4 Å². The molecule has 4 nitrogen and oxygen atoms in total. The van der Waals surface area contributed by atoms with Crippen LogP contribution in [0.1, 0.15) is 40.2 Å². The van der Waals surface area contributed by atoms with Crippen LogP contribution in [0.15, 0.2) is 29.3 Å². The van der Waals surface area contributed by atoms with Gasteiger partial charge in [0, 0.05) is 24.0 Å². The zero-order chi connectivity index (χ0) is 15.7. The highest BCUT2D eigenvalue weighted by atomic mass is 127. The number of benzene rings is 1. The fourth-order valence-corrected chi connectivity index (χ4v) is 2.62. The van der Waals surface area contributed by atoms with Gasteiger partial charge in [0.2, 0.25) is 0 Å². The topological polar surface area (TPSA) is 47.9 Å². The van der Waals surface area contributed by atoms with Crippen LogP contribution in [-0.4, -0.2) is 34.6 Å². The van der Waals surface area contributed by atoms with Crippen LogP contribution in [0, 0.1) is 5.41 Å². The Hall–Kier alpha value is -0.980. The number of likely N-dealkylation sites (tertiary alicyclic amines) is 1. The minimum Gasteiger partial charge on any atom is -0.508 e. The maximum Gasteiger partial charge on any atom is 0.194 e. The molecule has 124 valence electrons. The molecule has 0 radical (unpaired) electrons. The molecule has 1 aromatic rings. The molecule has 2 N–H and O–H groups in total. The van der Waals surface area contributed by atoms with Crippen LogP contribution in [0.3, 0.4) is 0 Å². The molecule has 1 saturated heterocycles. The summed E-state index contributed by atoms with van der Waals surface area (Å²) in [6, 6.07) is 7.28. The highest BCUT2D eigenvalue weighted by molar-refractivity contribution is 14.0.